The highest BCUT2D eigenvalue weighted by molar-refractivity contribution is 5.75. The Balaban J connectivity index is 2.54. The molecule has 1 aromatic heterocycles. The molecule has 0 atom stereocenters. The van der Waals surface area contributed by atoms with E-state index in [4.69, 9.17) is 0 Å². The van der Waals surface area contributed by atoms with E-state index in [0.717, 1.165) is 16.9 Å². The molecule has 0 aliphatic heterocycles. The molecule has 80 valence electrons. The number of hydrogen-bond donors (Lipinski definition) is 1. The van der Waals surface area contributed by atoms with Gasteiger partial charge in [0.1, 0.15) is 5.82 Å². The van der Waals surface area contributed by atoms with E-state index in [0.29, 0.717) is 6.54 Å². The zero-order valence-electron chi connectivity index (χ0n) is 9.36. The molecule has 1 heterocycles. The number of benzene rings is 1. The first kappa shape index (κ1) is 10.2. The standard InChI is InChI=1S/C12H16N2O/c1-9-13-10-6-4-5-7-11(10)14(9)8-12(2,3)15/h4-7,15H,8H2,1-3H3. The average molecular weight is 204 g/mol. The topological polar surface area (TPSA) is 38.0 Å². The fraction of sp³-hybridized carbons (Fsp3) is 0.417. The highest BCUT2D eigenvalue weighted by Crippen LogP contribution is 2.18. The normalized spacial score (nSPS) is 12.3. The number of fused-ring (bicyclic) bond motifs is 1. The van der Waals surface area contributed by atoms with Crippen molar-refractivity contribution < 1.29 is 5.11 Å². The van der Waals surface area contributed by atoms with Crippen LogP contribution in [0.3, 0.4) is 0 Å². The Morgan fingerprint density at radius 3 is 2.67 bits per heavy atom. The fourth-order valence-electron chi connectivity index (χ4n) is 1.78. The molecule has 0 saturated heterocycles. The third-order valence-corrected chi connectivity index (χ3v) is 2.39. The van der Waals surface area contributed by atoms with Gasteiger partial charge in [-0.25, -0.2) is 4.98 Å². The second kappa shape index (κ2) is 3.35. The molecule has 0 aliphatic carbocycles. The van der Waals surface area contributed by atoms with E-state index in [9.17, 15) is 5.11 Å². The molecule has 0 bridgehead atoms. The summed E-state index contributed by atoms with van der Waals surface area (Å²) in [7, 11) is 0. The van der Waals surface area contributed by atoms with Crippen molar-refractivity contribution in [1.82, 2.24) is 9.55 Å². The Morgan fingerprint density at radius 2 is 2.00 bits per heavy atom. The lowest BCUT2D eigenvalue weighted by Crippen LogP contribution is -2.26. The van der Waals surface area contributed by atoms with Crippen molar-refractivity contribution in [2.24, 2.45) is 0 Å². The maximum absolute atomic E-state index is 9.82. The summed E-state index contributed by atoms with van der Waals surface area (Å²) in [5.74, 6) is 0.943. The van der Waals surface area contributed by atoms with Gasteiger partial charge in [0.05, 0.1) is 23.2 Å². The van der Waals surface area contributed by atoms with Gasteiger partial charge >= 0.3 is 0 Å². The van der Waals surface area contributed by atoms with Crippen LogP contribution in [0.25, 0.3) is 11.0 Å². The predicted molar refractivity (Wildman–Crippen MR) is 60.8 cm³/mol. The smallest absolute Gasteiger partial charge is 0.106 e. The lowest BCUT2D eigenvalue weighted by atomic mass is 10.1. The molecule has 0 aliphatic rings. The summed E-state index contributed by atoms with van der Waals surface area (Å²) < 4.78 is 2.05. The molecule has 0 fully saturated rings. The number of nitrogens with zero attached hydrogens (tertiary/aromatic N) is 2. The number of rotatable bonds is 2. The summed E-state index contributed by atoms with van der Waals surface area (Å²) in [6, 6.07) is 7.98. The first-order valence-corrected chi connectivity index (χ1v) is 5.12. The highest BCUT2D eigenvalue weighted by atomic mass is 16.3. The number of para-hydroxylation sites is 2. The van der Waals surface area contributed by atoms with Crippen LogP contribution >= 0.6 is 0 Å². The van der Waals surface area contributed by atoms with Gasteiger partial charge in [-0.2, -0.15) is 0 Å². The van der Waals surface area contributed by atoms with E-state index in [-0.39, 0.29) is 0 Å². The van der Waals surface area contributed by atoms with Crippen molar-refractivity contribution in [3.8, 4) is 0 Å². The van der Waals surface area contributed by atoms with Crippen LogP contribution in [0.4, 0.5) is 0 Å². The minimum Gasteiger partial charge on any atom is -0.389 e. The van der Waals surface area contributed by atoms with E-state index >= 15 is 0 Å². The molecule has 0 radical (unpaired) electrons. The summed E-state index contributed by atoms with van der Waals surface area (Å²) in [5, 5.41) is 9.82. The van der Waals surface area contributed by atoms with Crippen molar-refractivity contribution in [3.05, 3.63) is 30.1 Å². The van der Waals surface area contributed by atoms with Crippen molar-refractivity contribution in [2.75, 3.05) is 0 Å². The predicted octanol–water partition coefficient (Wildman–Crippen LogP) is 2.12. The Hall–Kier alpha value is -1.35. The number of aliphatic hydroxyl groups is 1. The van der Waals surface area contributed by atoms with E-state index < -0.39 is 5.60 Å². The van der Waals surface area contributed by atoms with Crippen molar-refractivity contribution >= 4 is 11.0 Å². The number of hydrogen-bond acceptors (Lipinski definition) is 2. The van der Waals surface area contributed by atoms with Gasteiger partial charge in [-0.3, -0.25) is 0 Å². The molecule has 15 heavy (non-hydrogen) atoms. The Kier molecular flexibility index (Phi) is 2.27. The molecule has 3 nitrogen and oxygen atoms in total. The van der Waals surface area contributed by atoms with Crippen LogP contribution < -0.4 is 0 Å². The molecule has 0 unspecified atom stereocenters. The van der Waals surface area contributed by atoms with Crippen LogP contribution in [-0.2, 0) is 6.54 Å². The summed E-state index contributed by atoms with van der Waals surface area (Å²) in [6.07, 6.45) is 0. The zero-order chi connectivity index (χ0) is 11.1. The Morgan fingerprint density at radius 1 is 1.33 bits per heavy atom. The van der Waals surface area contributed by atoms with Gasteiger partial charge in [0.25, 0.3) is 0 Å². The summed E-state index contributed by atoms with van der Waals surface area (Å²) >= 11 is 0. The largest absolute Gasteiger partial charge is 0.389 e. The minimum atomic E-state index is -0.714. The van der Waals surface area contributed by atoms with Crippen molar-refractivity contribution in [1.29, 1.82) is 0 Å². The monoisotopic (exact) mass is 204 g/mol. The van der Waals surface area contributed by atoms with Crippen LogP contribution in [0, 0.1) is 6.92 Å². The summed E-state index contributed by atoms with van der Waals surface area (Å²) in [6.45, 7) is 6.15. The maximum Gasteiger partial charge on any atom is 0.106 e. The van der Waals surface area contributed by atoms with Crippen molar-refractivity contribution in [3.63, 3.8) is 0 Å². The first-order valence-electron chi connectivity index (χ1n) is 5.12. The lowest BCUT2D eigenvalue weighted by molar-refractivity contribution is 0.0620. The maximum atomic E-state index is 9.82. The van der Waals surface area contributed by atoms with Crippen LogP contribution in [-0.4, -0.2) is 20.3 Å². The molecule has 0 saturated carbocycles. The van der Waals surface area contributed by atoms with Gasteiger partial charge in [-0.15, -0.1) is 0 Å². The molecule has 2 aromatic rings. The van der Waals surface area contributed by atoms with Crippen LogP contribution in [0.2, 0.25) is 0 Å². The molecule has 0 amide bonds. The average Bonchev–Trinajstić information content (AvgIpc) is 2.41. The van der Waals surface area contributed by atoms with Gasteiger partial charge in [0, 0.05) is 0 Å². The zero-order valence-corrected chi connectivity index (χ0v) is 9.36. The lowest BCUT2D eigenvalue weighted by Gasteiger charge is -2.19. The van der Waals surface area contributed by atoms with Crippen LogP contribution in [0.1, 0.15) is 19.7 Å². The summed E-state index contributed by atoms with van der Waals surface area (Å²) in [4.78, 5) is 4.45. The van der Waals surface area contributed by atoms with Gasteiger partial charge in [-0.1, -0.05) is 12.1 Å². The Labute approximate surface area is 89.4 Å². The second-order valence-corrected chi connectivity index (χ2v) is 4.55. The van der Waals surface area contributed by atoms with Crippen LogP contribution in [0.5, 0.6) is 0 Å². The minimum absolute atomic E-state index is 0.569. The molecular weight excluding hydrogens is 188 g/mol. The van der Waals surface area contributed by atoms with E-state index in [1.807, 2.05) is 31.2 Å². The van der Waals surface area contributed by atoms with E-state index in [1.165, 1.54) is 0 Å². The van der Waals surface area contributed by atoms with Crippen molar-refractivity contribution in [2.45, 2.75) is 32.9 Å². The molecule has 1 N–H and O–H groups in total. The third-order valence-electron chi connectivity index (χ3n) is 2.39. The number of imidazole rings is 1. The van der Waals surface area contributed by atoms with Gasteiger partial charge in [0.2, 0.25) is 0 Å². The molecular formula is C12H16N2O. The van der Waals surface area contributed by atoms with Crippen LogP contribution in [0.15, 0.2) is 24.3 Å². The number of aryl methyl sites for hydroxylation is 1. The molecule has 0 spiro atoms. The highest BCUT2D eigenvalue weighted by Gasteiger charge is 2.16. The van der Waals surface area contributed by atoms with E-state index in [2.05, 4.69) is 9.55 Å². The summed E-state index contributed by atoms with van der Waals surface area (Å²) in [5.41, 5.74) is 1.35. The fourth-order valence-corrected chi connectivity index (χ4v) is 1.78. The molecule has 2 rings (SSSR count). The SMILES string of the molecule is Cc1nc2ccccc2n1CC(C)(C)O. The first-order chi connectivity index (χ1) is 6.97. The van der Waals surface area contributed by atoms with Gasteiger partial charge in [-0.05, 0) is 32.9 Å². The quantitative estimate of drug-likeness (QED) is 0.813. The van der Waals surface area contributed by atoms with E-state index in [1.54, 1.807) is 13.8 Å². The number of aromatic nitrogens is 2. The Bertz CT molecular complexity index is 480. The second-order valence-electron chi connectivity index (χ2n) is 4.55. The third kappa shape index (κ3) is 2.02. The molecule has 3 heteroatoms. The van der Waals surface area contributed by atoms with Gasteiger partial charge < -0.3 is 9.67 Å². The molecule has 1 aromatic carbocycles. The van der Waals surface area contributed by atoms with Gasteiger partial charge in [0.15, 0.2) is 0 Å².